The van der Waals surface area contributed by atoms with Crippen LogP contribution in [0.25, 0.3) is 0 Å². The van der Waals surface area contributed by atoms with Crippen molar-refractivity contribution in [3.63, 3.8) is 0 Å². The maximum Gasteiger partial charge on any atom is 0.270 e. The molecule has 2 rings (SSSR count). The summed E-state index contributed by atoms with van der Waals surface area (Å²) in [6, 6.07) is 10.4. The van der Waals surface area contributed by atoms with Crippen LogP contribution in [0.3, 0.4) is 0 Å². The summed E-state index contributed by atoms with van der Waals surface area (Å²) in [5.74, 6) is -0.102. The molecule has 0 saturated carbocycles. The average molecular weight is 376 g/mol. The number of aromatic nitrogens is 1. The van der Waals surface area contributed by atoms with Crippen LogP contribution in [0.4, 0.5) is 0 Å². The Kier molecular flexibility index (Phi) is 10.8. The van der Waals surface area contributed by atoms with Gasteiger partial charge < -0.3 is 10.6 Å². The fraction of sp³-hybridized carbons (Fsp3) is 0.375. The molecule has 0 fully saturated rings. The van der Waals surface area contributed by atoms with Gasteiger partial charge in [-0.2, -0.15) is 0 Å². The number of carbonyl (C=O) groups excluding carboxylic acids is 1. The number of halogens is 2. The predicted octanol–water partition coefficient (Wildman–Crippen LogP) is 3.31. The maximum absolute atomic E-state index is 12.0. The molecular weight excluding hydrogens is 353 g/mol. The maximum atomic E-state index is 12.0. The predicted molar refractivity (Wildman–Crippen MR) is 101 cm³/mol. The van der Waals surface area contributed by atoms with E-state index >= 15 is 0 Å². The number of hydrogen-bond donors (Lipinski definition) is 2. The van der Waals surface area contributed by atoms with E-state index in [0.717, 1.165) is 18.0 Å². The Morgan fingerprint density at radius 3 is 2.61 bits per heavy atom. The molecule has 2 N–H and O–H groups in total. The second-order valence-electron chi connectivity index (χ2n) is 4.96. The molecule has 1 amide bonds. The topological polar surface area (TPSA) is 54.0 Å². The largest absolute Gasteiger partial charge is 0.349 e. The summed E-state index contributed by atoms with van der Waals surface area (Å²) in [5, 5.41) is 8.95. The highest BCUT2D eigenvalue weighted by atomic mass is 35.5. The van der Waals surface area contributed by atoms with Crippen molar-refractivity contribution in [1.29, 1.82) is 0 Å². The number of rotatable bonds is 7. The van der Waals surface area contributed by atoms with Crippen LogP contribution >= 0.6 is 36.2 Å². The Morgan fingerprint density at radius 1 is 1.26 bits per heavy atom. The van der Waals surface area contributed by atoms with Crippen molar-refractivity contribution in [3.05, 3.63) is 52.0 Å². The van der Waals surface area contributed by atoms with Crippen molar-refractivity contribution in [3.8, 4) is 0 Å². The number of benzene rings is 1. The molecule has 0 aliphatic rings. The number of amides is 1. The van der Waals surface area contributed by atoms with Crippen LogP contribution < -0.4 is 10.6 Å². The lowest BCUT2D eigenvalue weighted by Crippen LogP contribution is -2.38. The van der Waals surface area contributed by atoms with Gasteiger partial charge in [-0.3, -0.25) is 4.79 Å². The Morgan fingerprint density at radius 2 is 1.96 bits per heavy atom. The zero-order chi connectivity index (χ0) is 15.1. The summed E-state index contributed by atoms with van der Waals surface area (Å²) in [6.07, 6.45) is 0.770. The van der Waals surface area contributed by atoms with Crippen LogP contribution in [0.5, 0.6) is 0 Å². The molecule has 128 valence electrons. The highest BCUT2D eigenvalue weighted by molar-refractivity contribution is 7.09. The fourth-order valence-corrected chi connectivity index (χ4v) is 2.83. The zero-order valence-corrected chi connectivity index (χ0v) is 15.7. The van der Waals surface area contributed by atoms with E-state index < -0.39 is 0 Å². The number of likely N-dealkylation sites (N-methyl/N-ethyl adjacent to an activating group) is 1. The monoisotopic (exact) mass is 375 g/mol. The van der Waals surface area contributed by atoms with Gasteiger partial charge in [0.2, 0.25) is 0 Å². The molecule has 1 atom stereocenters. The Hall–Kier alpha value is -1.14. The van der Waals surface area contributed by atoms with E-state index in [2.05, 4.69) is 34.7 Å². The molecule has 0 bridgehead atoms. The lowest BCUT2D eigenvalue weighted by atomic mass is 10.2. The van der Waals surface area contributed by atoms with Gasteiger partial charge in [-0.15, -0.1) is 36.2 Å². The highest BCUT2D eigenvalue weighted by Gasteiger charge is 2.11. The van der Waals surface area contributed by atoms with E-state index in [4.69, 9.17) is 0 Å². The van der Waals surface area contributed by atoms with Gasteiger partial charge in [0.05, 0.1) is 5.01 Å². The first kappa shape index (κ1) is 21.9. The third-order valence-corrected chi connectivity index (χ3v) is 3.95. The molecular formula is C16H23Cl2N3OS. The van der Waals surface area contributed by atoms with Crippen molar-refractivity contribution in [2.75, 3.05) is 13.1 Å². The van der Waals surface area contributed by atoms with E-state index in [1.807, 2.05) is 30.5 Å². The standard InChI is InChI=1S/C16H21N3OS.2ClH/c1-3-17-12(2)10-18-16(20)14-11-21-15(19-14)9-13-7-5-4-6-8-13;;/h4-8,11-12,17H,3,9-10H2,1-2H3,(H,18,20);2*1H/t12-;;/m1../s1. The van der Waals surface area contributed by atoms with Crippen LogP contribution in [0.15, 0.2) is 35.7 Å². The minimum absolute atomic E-state index is 0. The number of hydrogen-bond acceptors (Lipinski definition) is 4. The summed E-state index contributed by atoms with van der Waals surface area (Å²) in [4.78, 5) is 16.4. The summed E-state index contributed by atoms with van der Waals surface area (Å²) >= 11 is 1.53. The first-order valence-electron chi connectivity index (χ1n) is 7.19. The van der Waals surface area contributed by atoms with Crippen molar-refractivity contribution < 1.29 is 4.79 Å². The van der Waals surface area contributed by atoms with Gasteiger partial charge in [-0.05, 0) is 19.0 Å². The third-order valence-electron chi connectivity index (χ3n) is 3.10. The molecule has 2 aromatic rings. The summed E-state index contributed by atoms with van der Waals surface area (Å²) < 4.78 is 0. The second-order valence-corrected chi connectivity index (χ2v) is 5.90. The van der Waals surface area contributed by atoms with Gasteiger partial charge in [-0.25, -0.2) is 4.98 Å². The van der Waals surface area contributed by atoms with Crippen LogP contribution in [0.1, 0.15) is 34.9 Å². The molecule has 0 unspecified atom stereocenters. The van der Waals surface area contributed by atoms with Crippen LogP contribution in [0, 0.1) is 0 Å². The Bertz CT molecular complexity index is 578. The van der Waals surface area contributed by atoms with Crippen LogP contribution in [0.2, 0.25) is 0 Å². The number of nitrogens with zero attached hydrogens (tertiary/aromatic N) is 1. The lowest BCUT2D eigenvalue weighted by Gasteiger charge is -2.12. The van der Waals surface area contributed by atoms with Gasteiger partial charge in [0, 0.05) is 24.4 Å². The molecule has 0 aliphatic heterocycles. The fourth-order valence-electron chi connectivity index (χ4n) is 2.02. The summed E-state index contributed by atoms with van der Waals surface area (Å²) in [6.45, 7) is 5.60. The highest BCUT2D eigenvalue weighted by Crippen LogP contribution is 2.14. The normalized spacial score (nSPS) is 11.0. The van der Waals surface area contributed by atoms with E-state index in [-0.39, 0.29) is 36.8 Å². The minimum atomic E-state index is -0.102. The van der Waals surface area contributed by atoms with Gasteiger partial charge in [-0.1, -0.05) is 37.3 Å². The van der Waals surface area contributed by atoms with E-state index in [1.54, 1.807) is 0 Å². The molecule has 1 heterocycles. The molecule has 4 nitrogen and oxygen atoms in total. The number of thiazole rings is 1. The molecule has 0 aliphatic carbocycles. The van der Waals surface area contributed by atoms with Gasteiger partial charge in [0.15, 0.2) is 0 Å². The number of carbonyl (C=O) groups is 1. The molecule has 23 heavy (non-hydrogen) atoms. The zero-order valence-electron chi connectivity index (χ0n) is 13.2. The third kappa shape index (κ3) is 7.31. The van der Waals surface area contributed by atoms with Crippen molar-refractivity contribution in [2.45, 2.75) is 26.3 Å². The van der Waals surface area contributed by atoms with E-state index in [1.165, 1.54) is 16.9 Å². The summed E-state index contributed by atoms with van der Waals surface area (Å²) in [5.41, 5.74) is 1.72. The first-order chi connectivity index (χ1) is 10.2. The van der Waals surface area contributed by atoms with Crippen molar-refractivity contribution in [1.82, 2.24) is 15.6 Å². The molecule has 1 aromatic carbocycles. The van der Waals surface area contributed by atoms with Crippen molar-refractivity contribution in [2.24, 2.45) is 0 Å². The molecule has 0 spiro atoms. The molecule has 0 saturated heterocycles. The quantitative estimate of drug-likeness (QED) is 0.780. The first-order valence-corrected chi connectivity index (χ1v) is 8.07. The SMILES string of the molecule is CCN[C@H](C)CNC(=O)c1csc(Cc2ccccc2)n1.Cl.Cl. The minimum Gasteiger partial charge on any atom is -0.349 e. The Labute approximate surface area is 153 Å². The van der Waals surface area contributed by atoms with E-state index in [9.17, 15) is 4.79 Å². The Balaban J connectivity index is 0.00000242. The van der Waals surface area contributed by atoms with Gasteiger partial charge >= 0.3 is 0 Å². The average Bonchev–Trinajstić information content (AvgIpc) is 2.95. The molecule has 7 heteroatoms. The smallest absolute Gasteiger partial charge is 0.270 e. The molecule has 0 radical (unpaired) electrons. The van der Waals surface area contributed by atoms with Crippen LogP contribution in [-0.4, -0.2) is 30.0 Å². The van der Waals surface area contributed by atoms with Crippen LogP contribution in [-0.2, 0) is 6.42 Å². The van der Waals surface area contributed by atoms with Crippen molar-refractivity contribution >= 4 is 42.1 Å². The summed E-state index contributed by atoms with van der Waals surface area (Å²) in [7, 11) is 0. The lowest BCUT2D eigenvalue weighted by molar-refractivity contribution is 0.0946. The van der Waals surface area contributed by atoms with Gasteiger partial charge in [0.25, 0.3) is 5.91 Å². The second kappa shape index (κ2) is 11.4. The van der Waals surface area contributed by atoms with E-state index in [0.29, 0.717) is 12.2 Å². The van der Waals surface area contributed by atoms with Gasteiger partial charge in [0.1, 0.15) is 5.69 Å². The number of nitrogens with one attached hydrogen (secondary N) is 2. The molecule has 1 aromatic heterocycles.